The van der Waals surface area contributed by atoms with E-state index >= 15 is 0 Å². The van der Waals surface area contributed by atoms with Gasteiger partial charge in [0.15, 0.2) is 6.61 Å². The third-order valence-corrected chi connectivity index (χ3v) is 7.14. The lowest BCUT2D eigenvalue weighted by Gasteiger charge is -2.26. The summed E-state index contributed by atoms with van der Waals surface area (Å²) < 4.78 is 41.9. The highest BCUT2D eigenvalue weighted by Gasteiger charge is 2.26. The number of sulfonamides is 1. The van der Waals surface area contributed by atoms with Crippen LogP contribution < -0.4 is 10.1 Å². The Balaban J connectivity index is 1.52. The van der Waals surface area contributed by atoms with Crippen molar-refractivity contribution in [2.24, 2.45) is 0 Å². The number of hydrogen-bond donors (Lipinski definition) is 1. The van der Waals surface area contributed by atoms with Crippen molar-refractivity contribution in [3.05, 3.63) is 53.6 Å². The third kappa shape index (κ3) is 6.77. The summed E-state index contributed by atoms with van der Waals surface area (Å²) in [6.45, 7) is 3.14. The number of morpholine rings is 1. The second kappa shape index (κ2) is 11.3. The first kappa shape index (κ1) is 24.7. The van der Waals surface area contributed by atoms with Crippen LogP contribution in [0.3, 0.4) is 0 Å². The van der Waals surface area contributed by atoms with Crippen molar-refractivity contribution >= 4 is 27.6 Å². The van der Waals surface area contributed by atoms with Gasteiger partial charge in [-0.05, 0) is 54.8 Å². The number of nitrogens with one attached hydrogen (secondary N) is 1. The Labute approximate surface area is 193 Å². The summed E-state index contributed by atoms with van der Waals surface area (Å²) in [7, 11) is -2.24. The zero-order valence-electron chi connectivity index (χ0n) is 18.7. The van der Waals surface area contributed by atoms with Crippen LogP contribution in [0.1, 0.15) is 17.5 Å². The monoisotopic (exact) mass is 476 g/mol. The molecule has 1 heterocycles. The number of hydrogen-bond acceptors (Lipinski definition) is 7. The zero-order chi connectivity index (χ0) is 23.8. The molecule has 0 bridgehead atoms. The van der Waals surface area contributed by atoms with Crippen LogP contribution >= 0.6 is 0 Å². The highest BCUT2D eigenvalue weighted by molar-refractivity contribution is 7.89. The van der Waals surface area contributed by atoms with Crippen LogP contribution in [-0.4, -0.2) is 64.6 Å². The topological polar surface area (TPSA) is 111 Å². The summed E-state index contributed by atoms with van der Waals surface area (Å²) in [6.07, 6.45) is 0.721. The number of ether oxygens (including phenoxy) is 3. The maximum Gasteiger partial charge on any atom is 0.343 e. The molecule has 1 aliphatic rings. The summed E-state index contributed by atoms with van der Waals surface area (Å²) in [5.41, 5.74) is 2.31. The maximum absolute atomic E-state index is 12.7. The van der Waals surface area contributed by atoms with Gasteiger partial charge in [-0.15, -0.1) is 0 Å². The largest absolute Gasteiger partial charge is 0.482 e. The van der Waals surface area contributed by atoms with E-state index in [9.17, 15) is 18.0 Å². The van der Waals surface area contributed by atoms with Gasteiger partial charge in [0, 0.05) is 25.2 Å². The number of carbonyl (C=O) groups excluding carboxylic acids is 2. The molecule has 1 N–H and O–H groups in total. The SMILES string of the molecule is COC(=O)COc1ccc(NC(=O)CCc2ccc(S(=O)(=O)N3CCOCC3)cc2)c(C)c1. The first-order valence-corrected chi connectivity index (χ1v) is 12.0. The Morgan fingerprint density at radius 1 is 1.09 bits per heavy atom. The lowest BCUT2D eigenvalue weighted by atomic mass is 10.1. The molecule has 1 amide bonds. The van der Waals surface area contributed by atoms with Gasteiger partial charge >= 0.3 is 5.97 Å². The van der Waals surface area contributed by atoms with Crippen LogP contribution in [0.25, 0.3) is 0 Å². The average molecular weight is 477 g/mol. The van der Waals surface area contributed by atoms with E-state index in [1.165, 1.54) is 11.4 Å². The van der Waals surface area contributed by atoms with Gasteiger partial charge in [-0.2, -0.15) is 4.31 Å². The number of nitrogens with zero attached hydrogens (tertiary/aromatic N) is 1. The van der Waals surface area contributed by atoms with Gasteiger partial charge in [-0.3, -0.25) is 4.79 Å². The average Bonchev–Trinajstić information content (AvgIpc) is 2.83. The van der Waals surface area contributed by atoms with Gasteiger partial charge in [0.1, 0.15) is 5.75 Å². The molecule has 2 aromatic carbocycles. The molecule has 0 aliphatic carbocycles. The molecule has 0 atom stereocenters. The van der Waals surface area contributed by atoms with Crippen LogP contribution in [0.4, 0.5) is 5.69 Å². The molecule has 1 fully saturated rings. The zero-order valence-corrected chi connectivity index (χ0v) is 19.5. The Hall–Kier alpha value is -2.95. The van der Waals surface area contributed by atoms with Gasteiger partial charge in [-0.1, -0.05) is 12.1 Å². The van der Waals surface area contributed by atoms with Crippen LogP contribution in [0.15, 0.2) is 47.4 Å². The van der Waals surface area contributed by atoms with Gasteiger partial charge in [0.2, 0.25) is 15.9 Å². The molecule has 178 valence electrons. The summed E-state index contributed by atoms with van der Waals surface area (Å²) >= 11 is 0. The molecule has 33 heavy (non-hydrogen) atoms. The summed E-state index contributed by atoms with van der Waals surface area (Å²) in [4.78, 5) is 23.8. The predicted octanol–water partition coefficient (Wildman–Crippen LogP) is 2.14. The van der Waals surface area contributed by atoms with Gasteiger partial charge < -0.3 is 19.5 Å². The number of rotatable bonds is 9. The number of benzene rings is 2. The van der Waals surface area contributed by atoms with Crippen LogP contribution in [0.2, 0.25) is 0 Å². The van der Waals surface area contributed by atoms with Crippen LogP contribution in [-0.2, 0) is 35.5 Å². The van der Waals surface area contributed by atoms with Crippen molar-refractivity contribution in [3.63, 3.8) is 0 Å². The van der Waals surface area contributed by atoms with E-state index in [1.807, 2.05) is 6.92 Å². The second-order valence-corrected chi connectivity index (χ2v) is 9.49. The first-order chi connectivity index (χ1) is 15.8. The Bertz CT molecular complexity index is 1080. The van der Waals surface area contributed by atoms with Crippen LogP contribution in [0, 0.1) is 6.92 Å². The molecule has 0 saturated carbocycles. The molecule has 10 heteroatoms. The molecular formula is C23H28N2O7S. The van der Waals surface area contributed by atoms with E-state index in [0.29, 0.717) is 44.2 Å². The molecule has 1 saturated heterocycles. The van der Waals surface area contributed by atoms with Crippen molar-refractivity contribution in [2.45, 2.75) is 24.7 Å². The number of aryl methyl sites for hydroxylation is 2. The van der Waals surface area contributed by atoms with E-state index < -0.39 is 16.0 Å². The third-order valence-electron chi connectivity index (χ3n) is 5.23. The molecule has 1 aliphatic heterocycles. The molecular weight excluding hydrogens is 448 g/mol. The Kier molecular flexibility index (Phi) is 8.43. The Morgan fingerprint density at radius 3 is 2.42 bits per heavy atom. The van der Waals surface area contributed by atoms with Crippen molar-refractivity contribution < 1.29 is 32.2 Å². The molecule has 2 aromatic rings. The van der Waals surface area contributed by atoms with E-state index in [4.69, 9.17) is 9.47 Å². The molecule has 0 spiro atoms. The number of esters is 1. The predicted molar refractivity (Wildman–Crippen MR) is 122 cm³/mol. The summed E-state index contributed by atoms with van der Waals surface area (Å²) in [5.74, 6) is -0.133. The van der Waals surface area contributed by atoms with Crippen molar-refractivity contribution in [1.29, 1.82) is 0 Å². The Morgan fingerprint density at radius 2 is 1.79 bits per heavy atom. The van der Waals surface area contributed by atoms with E-state index in [-0.39, 0.29) is 23.8 Å². The maximum atomic E-state index is 12.7. The lowest BCUT2D eigenvalue weighted by molar-refractivity contribution is -0.142. The van der Waals surface area contributed by atoms with E-state index in [0.717, 1.165) is 11.1 Å². The van der Waals surface area contributed by atoms with Gasteiger partial charge in [0.05, 0.1) is 25.2 Å². The normalized spacial score (nSPS) is 14.5. The first-order valence-electron chi connectivity index (χ1n) is 10.6. The van der Waals surface area contributed by atoms with Crippen molar-refractivity contribution in [1.82, 2.24) is 4.31 Å². The molecule has 9 nitrogen and oxygen atoms in total. The van der Waals surface area contributed by atoms with Gasteiger partial charge in [-0.25, -0.2) is 13.2 Å². The summed E-state index contributed by atoms with van der Waals surface area (Å²) in [6, 6.07) is 11.7. The molecule has 0 radical (unpaired) electrons. The van der Waals surface area contributed by atoms with Crippen molar-refractivity contribution in [3.8, 4) is 5.75 Å². The van der Waals surface area contributed by atoms with Crippen LogP contribution in [0.5, 0.6) is 5.75 Å². The minimum absolute atomic E-state index is 0.161. The fraction of sp³-hybridized carbons (Fsp3) is 0.391. The highest BCUT2D eigenvalue weighted by Crippen LogP contribution is 2.22. The number of methoxy groups -OCH3 is 1. The highest BCUT2D eigenvalue weighted by atomic mass is 32.2. The number of carbonyl (C=O) groups is 2. The molecule has 3 rings (SSSR count). The van der Waals surface area contributed by atoms with Gasteiger partial charge in [0.25, 0.3) is 0 Å². The minimum atomic E-state index is -3.53. The lowest BCUT2D eigenvalue weighted by Crippen LogP contribution is -2.40. The fourth-order valence-electron chi connectivity index (χ4n) is 3.30. The number of amides is 1. The smallest absolute Gasteiger partial charge is 0.343 e. The second-order valence-electron chi connectivity index (χ2n) is 7.55. The summed E-state index contributed by atoms with van der Waals surface area (Å²) in [5, 5.41) is 2.86. The fourth-order valence-corrected chi connectivity index (χ4v) is 4.71. The minimum Gasteiger partial charge on any atom is -0.482 e. The van der Waals surface area contributed by atoms with E-state index in [2.05, 4.69) is 10.1 Å². The standard InChI is InChI=1S/C23H28N2O7S/c1-17-15-19(32-16-23(27)30-2)6-9-21(17)24-22(26)10-5-18-3-7-20(8-4-18)33(28,29)25-11-13-31-14-12-25/h3-4,6-9,15H,5,10-14,16H2,1-2H3,(H,24,26). The van der Waals surface area contributed by atoms with E-state index in [1.54, 1.807) is 42.5 Å². The van der Waals surface area contributed by atoms with Crippen molar-refractivity contribution in [2.75, 3.05) is 45.3 Å². The molecule has 0 unspecified atom stereocenters. The quantitative estimate of drug-likeness (QED) is 0.552. The molecule has 0 aromatic heterocycles. The number of anilines is 1.